The molecule has 0 saturated carbocycles. The van der Waals surface area contributed by atoms with Gasteiger partial charge in [0.2, 0.25) is 5.91 Å². The van der Waals surface area contributed by atoms with Crippen LogP contribution in [-0.2, 0) is 11.3 Å². The van der Waals surface area contributed by atoms with E-state index in [4.69, 9.17) is 4.52 Å². The van der Waals surface area contributed by atoms with Crippen molar-refractivity contribution in [1.29, 1.82) is 0 Å². The van der Waals surface area contributed by atoms with Crippen molar-refractivity contribution in [3.05, 3.63) is 17.0 Å². The van der Waals surface area contributed by atoms with Gasteiger partial charge >= 0.3 is 6.18 Å². The third-order valence-corrected chi connectivity index (χ3v) is 5.79. The molecule has 0 unspecified atom stereocenters. The Labute approximate surface area is 151 Å². The van der Waals surface area contributed by atoms with Crippen LogP contribution in [0.4, 0.5) is 13.2 Å². The van der Waals surface area contributed by atoms with E-state index in [2.05, 4.69) is 10.1 Å². The molecular weight excluding hydrogens is 347 g/mol. The molecule has 2 fully saturated rings. The summed E-state index contributed by atoms with van der Waals surface area (Å²) in [4.78, 5) is 16.5. The van der Waals surface area contributed by atoms with Gasteiger partial charge in [0.1, 0.15) is 5.76 Å². The molecule has 1 spiro atoms. The van der Waals surface area contributed by atoms with E-state index in [1.54, 1.807) is 0 Å². The maximum absolute atomic E-state index is 12.5. The van der Waals surface area contributed by atoms with Gasteiger partial charge in [0, 0.05) is 24.9 Å². The van der Waals surface area contributed by atoms with E-state index in [0.29, 0.717) is 26.1 Å². The summed E-state index contributed by atoms with van der Waals surface area (Å²) >= 11 is 0. The number of likely N-dealkylation sites (tertiary alicyclic amines) is 2. The minimum atomic E-state index is -4.08. The van der Waals surface area contributed by atoms with Gasteiger partial charge in [-0.05, 0) is 58.2 Å². The number of amides is 1. The Hall–Kier alpha value is -1.57. The van der Waals surface area contributed by atoms with Crippen molar-refractivity contribution in [3.63, 3.8) is 0 Å². The summed E-state index contributed by atoms with van der Waals surface area (Å²) < 4.78 is 42.0. The number of carbonyl (C=O) groups excluding carboxylic acids is 1. The number of hydrogen-bond donors (Lipinski definition) is 0. The average Bonchev–Trinajstić information content (AvgIpc) is 3.03. The van der Waals surface area contributed by atoms with Gasteiger partial charge in [0.25, 0.3) is 0 Å². The molecule has 2 aliphatic heterocycles. The molecule has 3 heterocycles. The Balaban J connectivity index is 1.51. The van der Waals surface area contributed by atoms with Crippen LogP contribution in [0.2, 0.25) is 0 Å². The Morgan fingerprint density at radius 1 is 1.23 bits per heavy atom. The van der Waals surface area contributed by atoms with E-state index in [9.17, 15) is 18.0 Å². The second-order valence-electron chi connectivity index (χ2n) is 7.79. The molecule has 3 rings (SSSR count). The second-order valence-corrected chi connectivity index (χ2v) is 7.79. The zero-order valence-corrected chi connectivity index (χ0v) is 15.4. The summed E-state index contributed by atoms with van der Waals surface area (Å²) in [5.41, 5.74) is 1.76. The summed E-state index contributed by atoms with van der Waals surface area (Å²) in [6.07, 6.45) is -2.39. The summed E-state index contributed by atoms with van der Waals surface area (Å²) in [5, 5.41) is 3.94. The second kappa shape index (κ2) is 7.21. The van der Waals surface area contributed by atoms with Crippen LogP contribution >= 0.6 is 0 Å². The van der Waals surface area contributed by atoms with Gasteiger partial charge in [-0.25, -0.2) is 0 Å². The highest BCUT2D eigenvalue weighted by molar-refractivity contribution is 5.79. The van der Waals surface area contributed by atoms with Crippen LogP contribution in [0, 0.1) is 19.3 Å². The van der Waals surface area contributed by atoms with Crippen LogP contribution in [0.25, 0.3) is 0 Å². The molecule has 2 aliphatic rings. The van der Waals surface area contributed by atoms with Crippen LogP contribution in [0.15, 0.2) is 4.52 Å². The van der Waals surface area contributed by atoms with Crippen LogP contribution in [0.3, 0.4) is 0 Å². The number of nitrogens with zero attached hydrogens (tertiary/aromatic N) is 3. The van der Waals surface area contributed by atoms with Crippen LogP contribution in [-0.4, -0.2) is 53.2 Å². The monoisotopic (exact) mass is 373 g/mol. The number of hydrogen-bond acceptors (Lipinski definition) is 4. The largest absolute Gasteiger partial charge is 0.389 e. The zero-order chi connectivity index (χ0) is 18.9. The number of rotatable bonds is 5. The molecule has 0 aromatic carbocycles. The molecule has 0 aliphatic carbocycles. The fourth-order valence-electron chi connectivity index (χ4n) is 4.13. The first-order valence-electron chi connectivity index (χ1n) is 9.16. The normalized spacial score (nSPS) is 21.1. The van der Waals surface area contributed by atoms with Crippen molar-refractivity contribution in [2.24, 2.45) is 5.41 Å². The van der Waals surface area contributed by atoms with E-state index in [0.717, 1.165) is 42.9 Å². The molecule has 2 saturated heterocycles. The summed E-state index contributed by atoms with van der Waals surface area (Å²) in [6.45, 7) is 6.98. The van der Waals surface area contributed by atoms with Crippen molar-refractivity contribution in [2.45, 2.75) is 58.7 Å². The van der Waals surface area contributed by atoms with Crippen molar-refractivity contribution < 1.29 is 22.5 Å². The lowest BCUT2D eigenvalue weighted by Crippen LogP contribution is -2.42. The molecule has 1 amide bonds. The average molecular weight is 373 g/mol. The maximum atomic E-state index is 12.5. The van der Waals surface area contributed by atoms with E-state index >= 15 is 0 Å². The highest BCUT2D eigenvalue weighted by Crippen LogP contribution is 2.41. The minimum Gasteiger partial charge on any atom is -0.361 e. The Kier molecular flexibility index (Phi) is 5.33. The first-order chi connectivity index (χ1) is 12.2. The van der Waals surface area contributed by atoms with E-state index < -0.39 is 12.6 Å². The molecule has 5 nitrogen and oxygen atoms in total. The third kappa shape index (κ3) is 4.39. The number of piperidine rings is 1. The van der Waals surface area contributed by atoms with Crippen molar-refractivity contribution in [2.75, 3.05) is 26.2 Å². The van der Waals surface area contributed by atoms with E-state index in [1.807, 2.05) is 18.7 Å². The molecule has 1 aromatic heterocycles. The first-order valence-corrected chi connectivity index (χ1v) is 9.16. The summed E-state index contributed by atoms with van der Waals surface area (Å²) in [7, 11) is 0. The van der Waals surface area contributed by atoms with Gasteiger partial charge in [0.15, 0.2) is 0 Å². The van der Waals surface area contributed by atoms with Crippen molar-refractivity contribution in [3.8, 4) is 0 Å². The predicted octanol–water partition coefficient (Wildman–Crippen LogP) is 3.45. The molecule has 26 heavy (non-hydrogen) atoms. The molecule has 0 atom stereocenters. The van der Waals surface area contributed by atoms with Crippen molar-refractivity contribution >= 4 is 5.91 Å². The molecule has 146 valence electrons. The van der Waals surface area contributed by atoms with Gasteiger partial charge in [-0.2, -0.15) is 13.2 Å². The van der Waals surface area contributed by atoms with E-state index in [1.165, 1.54) is 0 Å². The summed E-state index contributed by atoms with van der Waals surface area (Å²) in [6, 6.07) is 0. The molecular formula is C18H26F3N3O2. The maximum Gasteiger partial charge on any atom is 0.389 e. The lowest BCUT2D eigenvalue weighted by atomic mass is 9.77. The smallest absolute Gasteiger partial charge is 0.361 e. The molecule has 8 heteroatoms. The van der Waals surface area contributed by atoms with Crippen LogP contribution < -0.4 is 0 Å². The fraction of sp³-hybridized carbons (Fsp3) is 0.778. The zero-order valence-electron chi connectivity index (χ0n) is 15.4. The third-order valence-electron chi connectivity index (χ3n) is 5.79. The van der Waals surface area contributed by atoms with E-state index in [-0.39, 0.29) is 17.7 Å². The Morgan fingerprint density at radius 3 is 2.50 bits per heavy atom. The highest BCUT2D eigenvalue weighted by Gasteiger charge is 2.45. The molecule has 0 bridgehead atoms. The topological polar surface area (TPSA) is 49.6 Å². The molecule has 0 radical (unpaired) electrons. The quantitative estimate of drug-likeness (QED) is 0.793. The number of aromatic nitrogens is 1. The van der Waals surface area contributed by atoms with Crippen molar-refractivity contribution in [1.82, 2.24) is 15.0 Å². The number of halogens is 3. The van der Waals surface area contributed by atoms with Gasteiger partial charge < -0.3 is 14.3 Å². The lowest BCUT2D eigenvalue weighted by molar-refractivity contribution is -0.136. The predicted molar refractivity (Wildman–Crippen MR) is 89.4 cm³/mol. The highest BCUT2D eigenvalue weighted by atomic mass is 19.4. The minimum absolute atomic E-state index is 0.0312. The van der Waals surface area contributed by atoms with Gasteiger partial charge in [0.05, 0.1) is 12.2 Å². The van der Waals surface area contributed by atoms with Crippen LogP contribution in [0.1, 0.15) is 49.1 Å². The van der Waals surface area contributed by atoms with Crippen LogP contribution in [0.5, 0.6) is 0 Å². The molecule has 0 N–H and O–H groups in total. The number of carbonyl (C=O) groups is 1. The van der Waals surface area contributed by atoms with Gasteiger partial charge in [-0.3, -0.25) is 4.79 Å². The lowest BCUT2D eigenvalue weighted by Gasteiger charge is -2.38. The van der Waals surface area contributed by atoms with Gasteiger partial charge in [-0.15, -0.1) is 0 Å². The SMILES string of the molecule is Cc1noc(C)c1CN1CC2(CCN(CCCC(F)(F)F)CC2)CC1=O. The Morgan fingerprint density at radius 2 is 1.92 bits per heavy atom. The van der Waals surface area contributed by atoms with Gasteiger partial charge in [-0.1, -0.05) is 5.16 Å². The Bertz CT molecular complexity index is 629. The fourth-order valence-corrected chi connectivity index (χ4v) is 4.13. The molecule has 1 aromatic rings. The number of aryl methyl sites for hydroxylation is 2. The first kappa shape index (κ1) is 19.2. The standard InChI is InChI=1S/C18H26F3N3O2/c1-13-15(14(2)26-22-13)11-24-12-17(10-16(24)25)5-8-23(9-6-17)7-3-4-18(19,20)21/h3-12H2,1-2H3. The summed E-state index contributed by atoms with van der Waals surface area (Å²) in [5.74, 6) is 0.895. The number of alkyl halides is 3.